The van der Waals surface area contributed by atoms with Gasteiger partial charge in [0.1, 0.15) is 0 Å². The number of nitrogens with two attached hydrogens (primary N) is 1. The van der Waals surface area contributed by atoms with E-state index in [2.05, 4.69) is 9.98 Å². The van der Waals surface area contributed by atoms with Crippen LogP contribution in [-0.2, 0) is 4.79 Å². The van der Waals surface area contributed by atoms with Crippen LogP contribution < -0.4 is 5.73 Å². The second-order valence-corrected chi connectivity index (χ2v) is 3.09. The molecule has 4 nitrogen and oxygen atoms in total. The molecule has 0 saturated heterocycles. The van der Waals surface area contributed by atoms with E-state index < -0.39 is 0 Å². The molecule has 0 radical (unpaired) electrons. The number of carbonyl (C=O) groups excluding carboxylic acids is 1. The number of aliphatic imine (C=N–C) groups is 1. The first kappa shape index (κ1) is 11.1. The summed E-state index contributed by atoms with van der Waals surface area (Å²) < 4.78 is 0. The van der Waals surface area contributed by atoms with Crippen molar-refractivity contribution in [2.24, 2.45) is 10.7 Å². The van der Waals surface area contributed by atoms with E-state index in [0.717, 1.165) is 5.56 Å². The lowest BCUT2D eigenvalue weighted by molar-refractivity contribution is -0.104. The maximum atomic E-state index is 10.6. The van der Waals surface area contributed by atoms with Crippen molar-refractivity contribution in [1.29, 1.82) is 0 Å². The molecule has 0 spiro atoms. The zero-order valence-corrected chi connectivity index (χ0v) is 8.77. The van der Waals surface area contributed by atoms with Crippen molar-refractivity contribution < 1.29 is 4.79 Å². The molecule has 1 aromatic rings. The van der Waals surface area contributed by atoms with E-state index in [-0.39, 0.29) is 5.70 Å². The number of pyridine rings is 1. The van der Waals surface area contributed by atoms with Crippen LogP contribution in [0.2, 0.25) is 0 Å². The first-order valence-corrected chi connectivity index (χ1v) is 4.49. The van der Waals surface area contributed by atoms with E-state index in [1.165, 1.54) is 6.21 Å². The molecule has 78 valence electrons. The molecule has 2 N–H and O–H groups in total. The topological polar surface area (TPSA) is 68.3 Å². The van der Waals surface area contributed by atoms with Gasteiger partial charge >= 0.3 is 0 Å². The molecule has 0 saturated carbocycles. The van der Waals surface area contributed by atoms with E-state index in [4.69, 9.17) is 5.73 Å². The van der Waals surface area contributed by atoms with E-state index in [0.29, 0.717) is 17.6 Å². The van der Waals surface area contributed by atoms with Crippen molar-refractivity contribution in [2.45, 2.75) is 6.92 Å². The van der Waals surface area contributed by atoms with Crippen LogP contribution in [0.4, 0.5) is 0 Å². The monoisotopic (exact) mass is 203 g/mol. The third kappa shape index (κ3) is 2.74. The molecule has 0 atom stereocenters. The Balaban J connectivity index is 3.22. The zero-order valence-electron chi connectivity index (χ0n) is 8.77. The molecule has 0 aliphatic rings. The molecule has 1 rings (SSSR count). The van der Waals surface area contributed by atoms with Crippen LogP contribution >= 0.6 is 0 Å². The molecule has 1 aromatic heterocycles. The quantitative estimate of drug-likeness (QED) is 0.452. The van der Waals surface area contributed by atoms with Crippen LogP contribution in [0.25, 0.3) is 5.57 Å². The smallest absolute Gasteiger partial charge is 0.166 e. The minimum absolute atomic E-state index is 0.136. The number of carbonyl (C=O) groups is 1. The van der Waals surface area contributed by atoms with Gasteiger partial charge in [-0.3, -0.25) is 14.8 Å². The molecule has 1 heterocycles. The highest BCUT2D eigenvalue weighted by atomic mass is 16.1. The Morgan fingerprint density at radius 3 is 2.73 bits per heavy atom. The van der Waals surface area contributed by atoms with Crippen molar-refractivity contribution in [1.82, 2.24) is 4.98 Å². The van der Waals surface area contributed by atoms with E-state index in [9.17, 15) is 4.79 Å². The van der Waals surface area contributed by atoms with Crippen molar-refractivity contribution in [3.63, 3.8) is 0 Å². The van der Waals surface area contributed by atoms with Crippen molar-refractivity contribution >= 4 is 18.1 Å². The summed E-state index contributed by atoms with van der Waals surface area (Å²) in [5, 5.41) is 0. The Labute approximate surface area is 88.5 Å². The van der Waals surface area contributed by atoms with Gasteiger partial charge in [0, 0.05) is 25.0 Å². The average molecular weight is 203 g/mol. The second-order valence-electron chi connectivity index (χ2n) is 3.09. The lowest BCUT2D eigenvalue weighted by Gasteiger charge is -2.02. The van der Waals surface area contributed by atoms with Crippen LogP contribution in [0.3, 0.4) is 0 Å². The molecule has 15 heavy (non-hydrogen) atoms. The Kier molecular flexibility index (Phi) is 3.74. The fourth-order valence-corrected chi connectivity index (χ4v) is 1.11. The molecular formula is C11H13N3O. The first-order valence-electron chi connectivity index (χ1n) is 4.49. The largest absolute Gasteiger partial charge is 0.395 e. The normalized spacial score (nSPS) is 12.7. The fourth-order valence-electron chi connectivity index (χ4n) is 1.11. The van der Waals surface area contributed by atoms with Crippen LogP contribution in [0.1, 0.15) is 11.3 Å². The number of hydrogen-bond acceptors (Lipinski definition) is 4. The maximum Gasteiger partial charge on any atom is 0.166 e. The van der Waals surface area contributed by atoms with Crippen LogP contribution in [-0.4, -0.2) is 24.5 Å². The molecule has 0 unspecified atom stereocenters. The van der Waals surface area contributed by atoms with Gasteiger partial charge in [-0.25, -0.2) is 0 Å². The molecular weight excluding hydrogens is 190 g/mol. The van der Waals surface area contributed by atoms with Gasteiger partial charge in [0.15, 0.2) is 6.29 Å². The highest BCUT2D eigenvalue weighted by molar-refractivity contribution is 6.14. The van der Waals surface area contributed by atoms with Gasteiger partial charge in [0.2, 0.25) is 0 Å². The van der Waals surface area contributed by atoms with Crippen molar-refractivity contribution in [2.75, 3.05) is 7.05 Å². The fraction of sp³-hybridized carbons (Fsp3) is 0.182. The Bertz CT molecular complexity index is 404. The van der Waals surface area contributed by atoms with Gasteiger partial charge in [-0.2, -0.15) is 0 Å². The summed E-state index contributed by atoms with van der Waals surface area (Å²) in [6.07, 6.45) is 3.84. The summed E-state index contributed by atoms with van der Waals surface area (Å²) in [5.74, 6) is 0. The third-order valence-corrected chi connectivity index (χ3v) is 1.88. The summed E-state index contributed by atoms with van der Waals surface area (Å²) >= 11 is 0. The van der Waals surface area contributed by atoms with E-state index in [1.54, 1.807) is 13.2 Å². The number of nitrogens with zero attached hydrogens (tertiary/aromatic N) is 2. The van der Waals surface area contributed by atoms with Gasteiger partial charge in [0.25, 0.3) is 0 Å². The Morgan fingerprint density at radius 1 is 1.53 bits per heavy atom. The predicted molar refractivity (Wildman–Crippen MR) is 60.6 cm³/mol. The number of rotatable bonds is 3. The molecule has 0 amide bonds. The minimum Gasteiger partial charge on any atom is -0.395 e. The average Bonchev–Trinajstić information content (AvgIpc) is 2.26. The summed E-state index contributed by atoms with van der Waals surface area (Å²) in [6.45, 7) is 1.94. The van der Waals surface area contributed by atoms with Gasteiger partial charge in [-0.05, 0) is 18.6 Å². The Hall–Kier alpha value is -1.97. The number of hydrogen-bond donors (Lipinski definition) is 1. The highest BCUT2D eigenvalue weighted by Crippen LogP contribution is 2.11. The highest BCUT2D eigenvalue weighted by Gasteiger charge is 2.04. The molecule has 0 aliphatic heterocycles. The molecule has 0 bridgehead atoms. The van der Waals surface area contributed by atoms with Gasteiger partial charge in [-0.1, -0.05) is 6.07 Å². The predicted octanol–water partition coefficient (Wildman–Crippen LogP) is 0.959. The van der Waals surface area contributed by atoms with Gasteiger partial charge < -0.3 is 5.73 Å². The maximum absolute atomic E-state index is 10.6. The summed E-state index contributed by atoms with van der Waals surface area (Å²) in [6, 6.07) is 3.71. The van der Waals surface area contributed by atoms with E-state index in [1.807, 2.05) is 19.1 Å². The molecule has 0 aliphatic carbocycles. The summed E-state index contributed by atoms with van der Waals surface area (Å²) in [5.41, 5.74) is 7.94. The number of aromatic nitrogens is 1. The lowest BCUT2D eigenvalue weighted by Crippen LogP contribution is -2.05. The first-order chi connectivity index (χ1) is 7.19. The second kappa shape index (κ2) is 5.05. The van der Waals surface area contributed by atoms with Crippen LogP contribution in [0.15, 0.2) is 29.0 Å². The number of allylic oxidation sites excluding steroid dienone is 2. The lowest BCUT2D eigenvalue weighted by atomic mass is 10.1. The van der Waals surface area contributed by atoms with Gasteiger partial charge in [-0.15, -0.1) is 0 Å². The standard InChI is InChI=1S/C11H13N3O/c1-8-3-4-11(14-5-8)9(6-13-2)10(12)7-15/h3-7H,12H2,1-2H3. The van der Waals surface area contributed by atoms with E-state index >= 15 is 0 Å². The van der Waals surface area contributed by atoms with Crippen LogP contribution in [0, 0.1) is 6.92 Å². The van der Waals surface area contributed by atoms with Crippen molar-refractivity contribution in [3.05, 3.63) is 35.3 Å². The Morgan fingerprint density at radius 2 is 2.27 bits per heavy atom. The van der Waals surface area contributed by atoms with Gasteiger partial charge in [0.05, 0.1) is 11.4 Å². The summed E-state index contributed by atoms with van der Waals surface area (Å²) in [7, 11) is 1.62. The zero-order chi connectivity index (χ0) is 11.3. The molecule has 4 heteroatoms. The van der Waals surface area contributed by atoms with Crippen LogP contribution in [0.5, 0.6) is 0 Å². The van der Waals surface area contributed by atoms with Crippen molar-refractivity contribution in [3.8, 4) is 0 Å². The SMILES string of the molecule is CN=CC(=C(N)C=O)c1ccc(C)cn1. The summed E-state index contributed by atoms with van der Waals surface area (Å²) in [4.78, 5) is 18.6. The third-order valence-electron chi connectivity index (χ3n) is 1.88. The molecule has 0 aromatic carbocycles. The minimum atomic E-state index is 0.136. The number of aldehydes is 1. The number of aryl methyl sites for hydroxylation is 1. The molecule has 0 fully saturated rings.